The van der Waals surface area contributed by atoms with Gasteiger partial charge in [0, 0.05) is 0 Å². The van der Waals surface area contributed by atoms with E-state index in [0.29, 0.717) is 5.75 Å². The van der Waals surface area contributed by atoms with Gasteiger partial charge in [-0.25, -0.2) is 4.39 Å². The topological polar surface area (TPSA) is 65.3 Å². The fourth-order valence-electron chi connectivity index (χ4n) is 1.98. The van der Waals surface area contributed by atoms with Crippen LogP contribution in [-0.4, -0.2) is 18.8 Å². The van der Waals surface area contributed by atoms with Gasteiger partial charge in [0.05, 0.1) is 37.1 Å². The monoisotopic (exact) mass is 286 g/mol. The van der Waals surface area contributed by atoms with E-state index in [9.17, 15) is 9.50 Å². The number of halogens is 1. The van der Waals surface area contributed by atoms with Crippen LogP contribution in [0.5, 0.6) is 5.75 Å². The van der Waals surface area contributed by atoms with Crippen molar-refractivity contribution in [3.8, 4) is 11.8 Å². The molecule has 21 heavy (non-hydrogen) atoms. The Hall–Kier alpha value is -2.58. The zero-order valence-corrected chi connectivity index (χ0v) is 11.5. The lowest BCUT2D eigenvalue weighted by molar-refractivity contribution is 0.276. The first-order chi connectivity index (χ1) is 10.2. The first-order valence-electron chi connectivity index (χ1n) is 6.39. The Morgan fingerprint density at radius 3 is 2.76 bits per heavy atom. The van der Waals surface area contributed by atoms with Gasteiger partial charge in [-0.15, -0.1) is 0 Å². The van der Waals surface area contributed by atoms with Crippen molar-refractivity contribution in [2.45, 2.75) is 6.04 Å². The summed E-state index contributed by atoms with van der Waals surface area (Å²) in [7, 11) is 1.56. The number of nitriles is 1. The summed E-state index contributed by atoms with van der Waals surface area (Å²) in [5, 5.41) is 21.2. The fourth-order valence-corrected chi connectivity index (χ4v) is 1.98. The number of benzene rings is 2. The molecule has 2 aromatic rings. The van der Waals surface area contributed by atoms with E-state index in [4.69, 9.17) is 10.00 Å². The van der Waals surface area contributed by atoms with Gasteiger partial charge in [-0.3, -0.25) is 0 Å². The van der Waals surface area contributed by atoms with Gasteiger partial charge in [0.2, 0.25) is 0 Å². The van der Waals surface area contributed by atoms with Crippen LogP contribution in [0.1, 0.15) is 17.2 Å². The van der Waals surface area contributed by atoms with Gasteiger partial charge in [-0.2, -0.15) is 5.26 Å². The third kappa shape index (κ3) is 3.50. The predicted octanol–water partition coefficient (Wildman–Crippen LogP) is 2.85. The number of aliphatic hydroxyl groups is 1. The summed E-state index contributed by atoms with van der Waals surface area (Å²) in [5.41, 5.74) is 1.26. The molecule has 5 heteroatoms. The Kier molecular flexibility index (Phi) is 4.75. The van der Waals surface area contributed by atoms with Crippen molar-refractivity contribution >= 4 is 5.69 Å². The highest BCUT2D eigenvalue weighted by Crippen LogP contribution is 2.24. The standard InChI is InChI=1S/C16H15FN2O2/c1-21-13-4-2-3-12(8-13)16(10-20)19-15-6-5-11(9-18)7-14(15)17/h2-8,16,19-20H,10H2,1H3. The zero-order valence-electron chi connectivity index (χ0n) is 11.5. The molecule has 0 heterocycles. The van der Waals surface area contributed by atoms with Crippen molar-refractivity contribution in [2.24, 2.45) is 0 Å². The third-order valence-corrected chi connectivity index (χ3v) is 3.11. The highest BCUT2D eigenvalue weighted by atomic mass is 19.1. The molecule has 1 unspecified atom stereocenters. The molecule has 0 spiro atoms. The highest BCUT2D eigenvalue weighted by molar-refractivity contribution is 5.50. The maximum absolute atomic E-state index is 13.9. The number of nitrogens with zero attached hydrogens (tertiary/aromatic N) is 1. The molecule has 108 valence electrons. The van der Waals surface area contributed by atoms with E-state index in [1.807, 2.05) is 12.1 Å². The molecule has 0 aromatic heterocycles. The van der Waals surface area contributed by atoms with Crippen molar-refractivity contribution in [1.82, 2.24) is 0 Å². The van der Waals surface area contributed by atoms with Crippen LogP contribution >= 0.6 is 0 Å². The fraction of sp³-hybridized carbons (Fsp3) is 0.188. The van der Waals surface area contributed by atoms with E-state index in [0.717, 1.165) is 11.6 Å². The molecule has 0 radical (unpaired) electrons. The molecule has 1 atom stereocenters. The average Bonchev–Trinajstić information content (AvgIpc) is 2.53. The number of nitrogens with one attached hydrogen (secondary N) is 1. The van der Waals surface area contributed by atoms with Crippen molar-refractivity contribution in [2.75, 3.05) is 19.0 Å². The lowest BCUT2D eigenvalue weighted by atomic mass is 10.1. The van der Waals surface area contributed by atoms with Crippen LogP contribution in [-0.2, 0) is 0 Å². The van der Waals surface area contributed by atoms with E-state index >= 15 is 0 Å². The van der Waals surface area contributed by atoms with Gasteiger partial charge in [0.15, 0.2) is 0 Å². The number of hydrogen-bond donors (Lipinski definition) is 2. The molecule has 2 aromatic carbocycles. The Morgan fingerprint density at radius 1 is 1.33 bits per heavy atom. The predicted molar refractivity (Wildman–Crippen MR) is 77.6 cm³/mol. The lowest BCUT2D eigenvalue weighted by Crippen LogP contribution is -2.15. The second kappa shape index (κ2) is 6.73. The van der Waals surface area contributed by atoms with E-state index in [-0.39, 0.29) is 17.9 Å². The number of aliphatic hydroxyl groups excluding tert-OH is 1. The minimum absolute atomic E-state index is 0.202. The van der Waals surface area contributed by atoms with E-state index < -0.39 is 11.9 Å². The van der Waals surface area contributed by atoms with Crippen molar-refractivity contribution in [1.29, 1.82) is 5.26 Å². The van der Waals surface area contributed by atoms with Crippen LogP contribution in [0.25, 0.3) is 0 Å². The molecule has 0 saturated carbocycles. The summed E-state index contributed by atoms with van der Waals surface area (Å²) >= 11 is 0. The number of rotatable bonds is 5. The highest BCUT2D eigenvalue weighted by Gasteiger charge is 2.13. The number of anilines is 1. The third-order valence-electron chi connectivity index (χ3n) is 3.11. The van der Waals surface area contributed by atoms with Gasteiger partial charge in [-0.1, -0.05) is 12.1 Å². The molecule has 0 bridgehead atoms. The molecule has 0 aliphatic carbocycles. The molecule has 4 nitrogen and oxygen atoms in total. The molecule has 0 amide bonds. The maximum atomic E-state index is 13.9. The Morgan fingerprint density at radius 2 is 2.14 bits per heavy atom. The Balaban J connectivity index is 2.24. The van der Waals surface area contributed by atoms with Gasteiger partial charge in [0.25, 0.3) is 0 Å². The minimum Gasteiger partial charge on any atom is -0.497 e. The zero-order chi connectivity index (χ0) is 15.2. The van der Waals surface area contributed by atoms with Crippen LogP contribution in [0.4, 0.5) is 10.1 Å². The van der Waals surface area contributed by atoms with Crippen LogP contribution < -0.4 is 10.1 Å². The SMILES string of the molecule is COc1cccc(C(CO)Nc2ccc(C#N)cc2F)c1. The molecular formula is C16H15FN2O2. The second-order valence-corrected chi connectivity index (χ2v) is 4.46. The molecule has 0 aliphatic heterocycles. The Bertz CT molecular complexity index is 668. The molecule has 2 N–H and O–H groups in total. The van der Waals surface area contributed by atoms with E-state index in [1.165, 1.54) is 12.1 Å². The molecular weight excluding hydrogens is 271 g/mol. The summed E-state index contributed by atoms with van der Waals surface area (Å²) in [6, 6.07) is 12.7. The van der Waals surface area contributed by atoms with Gasteiger partial charge in [-0.05, 0) is 35.9 Å². The van der Waals surface area contributed by atoms with Gasteiger partial charge < -0.3 is 15.2 Å². The van der Waals surface area contributed by atoms with Crippen molar-refractivity contribution in [3.05, 3.63) is 59.4 Å². The van der Waals surface area contributed by atoms with Crippen LogP contribution in [0.3, 0.4) is 0 Å². The smallest absolute Gasteiger partial charge is 0.147 e. The second-order valence-electron chi connectivity index (χ2n) is 4.46. The van der Waals surface area contributed by atoms with Crippen LogP contribution in [0, 0.1) is 17.1 Å². The molecule has 2 rings (SSSR count). The largest absolute Gasteiger partial charge is 0.497 e. The first kappa shape index (κ1) is 14.8. The summed E-state index contributed by atoms with van der Waals surface area (Å²) in [4.78, 5) is 0. The average molecular weight is 286 g/mol. The van der Waals surface area contributed by atoms with Crippen molar-refractivity contribution < 1.29 is 14.2 Å². The molecule has 0 saturated heterocycles. The summed E-state index contributed by atoms with van der Waals surface area (Å²) in [6.45, 7) is -0.202. The minimum atomic E-state index is -0.532. The summed E-state index contributed by atoms with van der Waals surface area (Å²) < 4.78 is 19.0. The van der Waals surface area contributed by atoms with Gasteiger partial charge in [0.1, 0.15) is 11.6 Å². The van der Waals surface area contributed by atoms with Crippen LogP contribution in [0.15, 0.2) is 42.5 Å². The van der Waals surface area contributed by atoms with Gasteiger partial charge >= 0.3 is 0 Å². The normalized spacial score (nSPS) is 11.5. The first-order valence-corrected chi connectivity index (χ1v) is 6.39. The van der Waals surface area contributed by atoms with Crippen LogP contribution in [0.2, 0.25) is 0 Å². The number of ether oxygens (including phenoxy) is 1. The Labute approximate surface area is 122 Å². The van der Waals surface area contributed by atoms with E-state index in [1.54, 1.807) is 25.3 Å². The maximum Gasteiger partial charge on any atom is 0.147 e. The van der Waals surface area contributed by atoms with E-state index in [2.05, 4.69) is 5.32 Å². The summed E-state index contributed by atoms with van der Waals surface area (Å²) in [5.74, 6) is 0.128. The number of methoxy groups -OCH3 is 1. The molecule has 0 aliphatic rings. The molecule has 0 fully saturated rings. The summed E-state index contributed by atoms with van der Waals surface area (Å²) in [6.07, 6.45) is 0. The quantitative estimate of drug-likeness (QED) is 0.887. The number of hydrogen-bond acceptors (Lipinski definition) is 4. The van der Waals surface area contributed by atoms with Crippen molar-refractivity contribution in [3.63, 3.8) is 0 Å². The lowest BCUT2D eigenvalue weighted by Gasteiger charge is -2.19.